The van der Waals surface area contributed by atoms with E-state index in [1.54, 1.807) is 18.5 Å². The first-order chi connectivity index (χ1) is 7.59. The number of aromatic amines is 1. The highest BCUT2D eigenvalue weighted by Crippen LogP contribution is 2.25. The summed E-state index contributed by atoms with van der Waals surface area (Å²) in [5, 5.41) is 10.0. The van der Waals surface area contributed by atoms with Crippen molar-refractivity contribution in [1.29, 1.82) is 0 Å². The van der Waals surface area contributed by atoms with E-state index in [0.29, 0.717) is 10.7 Å². The summed E-state index contributed by atoms with van der Waals surface area (Å²) in [7, 11) is 0. The molecule has 0 aliphatic rings. The van der Waals surface area contributed by atoms with Crippen LogP contribution in [0.4, 0.5) is 0 Å². The Bertz CT molecular complexity index is 538. The van der Waals surface area contributed by atoms with Crippen LogP contribution in [-0.4, -0.2) is 27.1 Å². The number of hydrogen-bond acceptors (Lipinski definition) is 3. The van der Waals surface area contributed by atoms with E-state index < -0.39 is 12.0 Å². The third-order valence-electron chi connectivity index (χ3n) is 2.36. The van der Waals surface area contributed by atoms with Crippen LogP contribution in [0.1, 0.15) is 5.56 Å². The summed E-state index contributed by atoms with van der Waals surface area (Å²) >= 11 is 6.02. The van der Waals surface area contributed by atoms with Crippen LogP contribution in [0, 0.1) is 0 Å². The maximum absolute atomic E-state index is 10.7. The van der Waals surface area contributed by atoms with E-state index >= 15 is 0 Å². The second-order valence-corrected chi connectivity index (χ2v) is 3.89. The number of aromatic nitrogens is 2. The third-order valence-corrected chi connectivity index (χ3v) is 2.68. The monoisotopic (exact) mass is 239 g/mol. The first-order valence-electron chi connectivity index (χ1n) is 4.68. The van der Waals surface area contributed by atoms with Crippen LogP contribution in [-0.2, 0) is 11.2 Å². The first-order valence-corrected chi connectivity index (χ1v) is 5.06. The average molecular weight is 240 g/mol. The number of carboxylic acid groups (broad SMARTS) is 1. The maximum Gasteiger partial charge on any atom is 0.320 e. The zero-order valence-corrected chi connectivity index (χ0v) is 9.03. The molecule has 0 bridgehead atoms. The van der Waals surface area contributed by atoms with E-state index in [1.165, 1.54) is 0 Å². The fraction of sp³-hybridized carbons (Fsp3) is 0.200. The van der Waals surface area contributed by atoms with Crippen LogP contribution in [0.2, 0.25) is 5.02 Å². The lowest BCUT2D eigenvalue weighted by Gasteiger charge is -2.05. The van der Waals surface area contributed by atoms with E-state index in [1.807, 2.05) is 0 Å². The van der Waals surface area contributed by atoms with Gasteiger partial charge < -0.3 is 15.8 Å². The van der Waals surface area contributed by atoms with Gasteiger partial charge in [-0.3, -0.25) is 4.79 Å². The van der Waals surface area contributed by atoms with Crippen LogP contribution < -0.4 is 5.73 Å². The minimum absolute atomic E-state index is 0.223. The molecule has 0 aliphatic heterocycles. The lowest BCUT2D eigenvalue weighted by atomic mass is 10.1. The Morgan fingerprint density at radius 3 is 3.12 bits per heavy atom. The van der Waals surface area contributed by atoms with Gasteiger partial charge in [-0.1, -0.05) is 11.6 Å². The summed E-state index contributed by atoms with van der Waals surface area (Å²) in [6.45, 7) is 0. The van der Waals surface area contributed by atoms with Crippen LogP contribution in [0.15, 0.2) is 18.5 Å². The summed E-state index contributed by atoms with van der Waals surface area (Å²) in [5.74, 6) is -1.03. The quantitative estimate of drug-likeness (QED) is 0.750. The lowest BCUT2D eigenvalue weighted by molar-refractivity contribution is -0.138. The van der Waals surface area contributed by atoms with E-state index in [4.69, 9.17) is 22.4 Å². The van der Waals surface area contributed by atoms with Gasteiger partial charge in [0.2, 0.25) is 0 Å². The van der Waals surface area contributed by atoms with Crippen LogP contribution in [0.3, 0.4) is 0 Å². The molecule has 0 aliphatic carbocycles. The number of aliphatic carboxylic acids is 1. The average Bonchev–Trinajstić information content (AvgIpc) is 2.63. The number of fused-ring (bicyclic) bond motifs is 1. The molecule has 0 spiro atoms. The zero-order valence-electron chi connectivity index (χ0n) is 8.27. The number of rotatable bonds is 3. The maximum atomic E-state index is 10.7. The molecule has 0 saturated heterocycles. The molecule has 1 unspecified atom stereocenters. The number of carboxylic acids is 1. The van der Waals surface area contributed by atoms with Crippen molar-refractivity contribution in [1.82, 2.24) is 9.97 Å². The molecular formula is C10H10ClN3O2. The van der Waals surface area contributed by atoms with E-state index in [-0.39, 0.29) is 6.42 Å². The normalized spacial score (nSPS) is 12.9. The van der Waals surface area contributed by atoms with Crippen molar-refractivity contribution in [3.8, 4) is 0 Å². The molecule has 6 heteroatoms. The second-order valence-electron chi connectivity index (χ2n) is 3.48. The number of nitrogens with one attached hydrogen (secondary N) is 1. The number of nitrogens with zero attached hydrogens (tertiary/aromatic N) is 1. The van der Waals surface area contributed by atoms with E-state index in [0.717, 1.165) is 10.9 Å². The topological polar surface area (TPSA) is 92.0 Å². The standard InChI is InChI=1S/C10H10ClN3O2/c11-6-1-2-13-9-8(6)5(4-14-9)3-7(12)10(15)16/h1-2,4,7H,3,12H2,(H,13,14)(H,15,16). The lowest BCUT2D eigenvalue weighted by Crippen LogP contribution is -2.32. The fourth-order valence-corrected chi connectivity index (χ4v) is 1.83. The predicted octanol–water partition coefficient (Wildman–Crippen LogP) is 1.17. The second kappa shape index (κ2) is 4.11. The first kappa shape index (κ1) is 10.9. The molecule has 0 saturated carbocycles. The minimum Gasteiger partial charge on any atom is -0.480 e. The van der Waals surface area contributed by atoms with Crippen molar-refractivity contribution in [2.75, 3.05) is 0 Å². The zero-order chi connectivity index (χ0) is 11.7. The molecule has 2 aromatic heterocycles. The molecule has 2 aromatic rings. The van der Waals surface area contributed by atoms with Crippen molar-refractivity contribution in [2.24, 2.45) is 5.73 Å². The molecule has 0 fully saturated rings. The summed E-state index contributed by atoms with van der Waals surface area (Å²) in [4.78, 5) is 17.7. The van der Waals surface area contributed by atoms with E-state index in [2.05, 4.69) is 9.97 Å². The molecule has 1 atom stereocenters. The predicted molar refractivity (Wildman–Crippen MR) is 60.4 cm³/mol. The molecular weight excluding hydrogens is 230 g/mol. The molecule has 0 aromatic carbocycles. The van der Waals surface area contributed by atoms with Crippen molar-refractivity contribution < 1.29 is 9.90 Å². The Morgan fingerprint density at radius 2 is 2.44 bits per heavy atom. The van der Waals surface area contributed by atoms with Crippen molar-refractivity contribution >= 4 is 28.6 Å². The fourth-order valence-electron chi connectivity index (χ4n) is 1.57. The molecule has 16 heavy (non-hydrogen) atoms. The van der Waals surface area contributed by atoms with Gasteiger partial charge in [0, 0.05) is 24.2 Å². The summed E-state index contributed by atoms with van der Waals surface area (Å²) in [6.07, 6.45) is 3.50. The van der Waals surface area contributed by atoms with Gasteiger partial charge in [-0.15, -0.1) is 0 Å². The van der Waals surface area contributed by atoms with Crippen LogP contribution in [0.5, 0.6) is 0 Å². The number of hydrogen-bond donors (Lipinski definition) is 3. The number of carbonyl (C=O) groups is 1. The number of nitrogens with two attached hydrogens (primary N) is 1. The molecule has 0 amide bonds. The largest absolute Gasteiger partial charge is 0.480 e. The minimum atomic E-state index is -1.03. The number of halogens is 1. The van der Waals surface area contributed by atoms with Crippen molar-refractivity contribution in [2.45, 2.75) is 12.5 Å². The SMILES string of the molecule is NC(Cc1c[nH]c2nccc(Cl)c12)C(=O)O. The van der Waals surface area contributed by atoms with Gasteiger partial charge in [-0.2, -0.15) is 0 Å². The summed E-state index contributed by atoms with van der Waals surface area (Å²) in [6, 6.07) is 0.725. The smallest absolute Gasteiger partial charge is 0.320 e. The number of pyridine rings is 1. The highest BCUT2D eigenvalue weighted by molar-refractivity contribution is 6.35. The van der Waals surface area contributed by atoms with Gasteiger partial charge in [0.25, 0.3) is 0 Å². The van der Waals surface area contributed by atoms with Gasteiger partial charge in [0.1, 0.15) is 11.7 Å². The Hall–Kier alpha value is -1.59. The molecule has 4 N–H and O–H groups in total. The Morgan fingerprint density at radius 1 is 1.69 bits per heavy atom. The third kappa shape index (κ3) is 1.87. The van der Waals surface area contributed by atoms with Crippen LogP contribution in [0.25, 0.3) is 11.0 Å². The van der Waals surface area contributed by atoms with Crippen molar-refractivity contribution in [3.05, 3.63) is 29.0 Å². The van der Waals surface area contributed by atoms with Gasteiger partial charge in [-0.05, 0) is 11.6 Å². The molecule has 84 valence electrons. The summed E-state index contributed by atoms with van der Waals surface area (Å²) < 4.78 is 0. The molecule has 5 nitrogen and oxygen atoms in total. The van der Waals surface area contributed by atoms with Gasteiger partial charge >= 0.3 is 5.97 Å². The Balaban J connectivity index is 2.42. The molecule has 2 rings (SSSR count). The Labute approximate surface area is 96.2 Å². The van der Waals surface area contributed by atoms with Crippen molar-refractivity contribution in [3.63, 3.8) is 0 Å². The van der Waals surface area contributed by atoms with Crippen LogP contribution >= 0.6 is 11.6 Å². The molecule has 2 heterocycles. The Kier molecular flexibility index (Phi) is 2.80. The molecule has 0 radical (unpaired) electrons. The van der Waals surface area contributed by atoms with E-state index in [9.17, 15) is 4.79 Å². The highest BCUT2D eigenvalue weighted by atomic mass is 35.5. The van der Waals surface area contributed by atoms with Gasteiger partial charge in [0.05, 0.1) is 5.02 Å². The van der Waals surface area contributed by atoms with Gasteiger partial charge in [0.15, 0.2) is 0 Å². The number of H-pyrrole nitrogens is 1. The highest BCUT2D eigenvalue weighted by Gasteiger charge is 2.16. The summed E-state index contributed by atoms with van der Waals surface area (Å²) in [5.41, 5.74) is 6.88. The van der Waals surface area contributed by atoms with Gasteiger partial charge in [-0.25, -0.2) is 4.98 Å².